The molecule has 5 heteroatoms. The number of nitrogens with zero attached hydrogens (tertiary/aromatic N) is 2. The van der Waals surface area contributed by atoms with Gasteiger partial charge in [0.1, 0.15) is 0 Å². The Labute approximate surface area is 120 Å². The quantitative estimate of drug-likeness (QED) is 0.755. The largest absolute Gasteiger partial charge is 0.383 e. The van der Waals surface area contributed by atoms with Gasteiger partial charge in [-0.15, -0.1) is 11.3 Å². The van der Waals surface area contributed by atoms with Crippen molar-refractivity contribution in [2.75, 3.05) is 31.7 Å². The summed E-state index contributed by atoms with van der Waals surface area (Å²) < 4.78 is 5.24. The highest BCUT2D eigenvalue weighted by atomic mass is 32.1. The molecule has 1 aromatic rings. The van der Waals surface area contributed by atoms with Gasteiger partial charge in [0.2, 0.25) is 0 Å². The van der Waals surface area contributed by atoms with E-state index < -0.39 is 0 Å². The van der Waals surface area contributed by atoms with Crippen LogP contribution in [0.5, 0.6) is 0 Å². The maximum Gasteiger partial charge on any atom is 0.185 e. The molecule has 1 fully saturated rings. The number of nitrogens with one attached hydrogen (secondary N) is 1. The van der Waals surface area contributed by atoms with E-state index in [1.165, 1.54) is 17.7 Å². The molecular weight excluding hydrogens is 258 g/mol. The molecule has 1 heterocycles. The van der Waals surface area contributed by atoms with Crippen molar-refractivity contribution in [2.45, 2.75) is 39.3 Å². The van der Waals surface area contributed by atoms with Crippen molar-refractivity contribution >= 4 is 16.5 Å². The fourth-order valence-corrected chi connectivity index (χ4v) is 3.25. The summed E-state index contributed by atoms with van der Waals surface area (Å²) in [5.41, 5.74) is 0. The molecule has 1 unspecified atom stereocenters. The summed E-state index contributed by atoms with van der Waals surface area (Å²) in [6.45, 7) is 8.06. The van der Waals surface area contributed by atoms with Crippen LogP contribution in [0.1, 0.15) is 31.6 Å². The van der Waals surface area contributed by atoms with Crippen molar-refractivity contribution < 1.29 is 4.74 Å². The third kappa shape index (κ3) is 4.16. The molecule has 0 bridgehead atoms. The average Bonchev–Trinajstić information content (AvgIpc) is 3.17. The third-order valence-electron chi connectivity index (χ3n) is 3.67. The van der Waals surface area contributed by atoms with E-state index in [0.29, 0.717) is 6.04 Å². The van der Waals surface area contributed by atoms with E-state index in [1.807, 2.05) is 6.20 Å². The molecular formula is C14H25N3OS. The molecule has 1 atom stereocenters. The van der Waals surface area contributed by atoms with Gasteiger partial charge >= 0.3 is 0 Å². The molecule has 19 heavy (non-hydrogen) atoms. The van der Waals surface area contributed by atoms with E-state index in [1.54, 1.807) is 18.4 Å². The Hall–Kier alpha value is -0.650. The molecule has 1 aliphatic rings. The predicted molar refractivity (Wildman–Crippen MR) is 80.9 cm³/mol. The van der Waals surface area contributed by atoms with Crippen molar-refractivity contribution in [1.29, 1.82) is 0 Å². The van der Waals surface area contributed by atoms with Crippen molar-refractivity contribution in [1.82, 2.24) is 10.3 Å². The van der Waals surface area contributed by atoms with Crippen LogP contribution < -0.4 is 10.2 Å². The minimum atomic E-state index is 0.577. The van der Waals surface area contributed by atoms with Gasteiger partial charge in [0.15, 0.2) is 5.13 Å². The maximum atomic E-state index is 5.24. The molecule has 2 rings (SSSR count). The molecule has 4 nitrogen and oxygen atoms in total. The van der Waals surface area contributed by atoms with Crippen molar-refractivity contribution in [2.24, 2.45) is 5.92 Å². The Morgan fingerprint density at radius 1 is 1.58 bits per heavy atom. The van der Waals surface area contributed by atoms with Gasteiger partial charge in [0, 0.05) is 37.3 Å². The molecule has 1 N–H and O–H groups in total. The van der Waals surface area contributed by atoms with E-state index in [9.17, 15) is 0 Å². The zero-order valence-electron chi connectivity index (χ0n) is 12.2. The van der Waals surface area contributed by atoms with Gasteiger partial charge in [-0.3, -0.25) is 0 Å². The van der Waals surface area contributed by atoms with E-state index >= 15 is 0 Å². The minimum absolute atomic E-state index is 0.577. The predicted octanol–water partition coefficient (Wildman–Crippen LogP) is 2.50. The van der Waals surface area contributed by atoms with Gasteiger partial charge in [0.05, 0.1) is 6.61 Å². The van der Waals surface area contributed by atoms with Gasteiger partial charge in [-0.2, -0.15) is 0 Å². The third-order valence-corrected chi connectivity index (χ3v) is 4.70. The highest BCUT2D eigenvalue weighted by Gasteiger charge is 2.33. The highest BCUT2D eigenvalue weighted by molar-refractivity contribution is 7.15. The Morgan fingerprint density at radius 2 is 2.37 bits per heavy atom. The Balaban J connectivity index is 2.01. The fourth-order valence-electron chi connectivity index (χ4n) is 2.26. The second-order valence-corrected chi connectivity index (χ2v) is 6.25. The van der Waals surface area contributed by atoms with Crippen LogP contribution in [0, 0.1) is 5.92 Å². The number of ether oxygens (including phenoxy) is 1. The second kappa shape index (κ2) is 7.22. The molecule has 1 saturated carbocycles. The highest BCUT2D eigenvalue weighted by Crippen LogP contribution is 2.37. The van der Waals surface area contributed by atoms with Gasteiger partial charge < -0.3 is 15.0 Å². The molecule has 0 spiro atoms. The van der Waals surface area contributed by atoms with Crippen LogP contribution >= 0.6 is 11.3 Å². The lowest BCUT2D eigenvalue weighted by Gasteiger charge is -2.28. The van der Waals surface area contributed by atoms with Crippen molar-refractivity contribution in [3.05, 3.63) is 11.1 Å². The van der Waals surface area contributed by atoms with Crippen LogP contribution in [0.4, 0.5) is 5.13 Å². The van der Waals surface area contributed by atoms with Gasteiger partial charge in [-0.1, -0.05) is 6.92 Å². The van der Waals surface area contributed by atoms with Crippen LogP contribution in [0.15, 0.2) is 6.20 Å². The van der Waals surface area contributed by atoms with E-state index in [-0.39, 0.29) is 0 Å². The van der Waals surface area contributed by atoms with E-state index in [0.717, 1.165) is 37.3 Å². The lowest BCUT2D eigenvalue weighted by molar-refractivity contribution is 0.202. The zero-order chi connectivity index (χ0) is 13.7. The van der Waals surface area contributed by atoms with Crippen LogP contribution in [0.25, 0.3) is 0 Å². The number of anilines is 1. The number of methoxy groups -OCH3 is 1. The van der Waals surface area contributed by atoms with Crippen molar-refractivity contribution in [3.63, 3.8) is 0 Å². The molecule has 0 aliphatic heterocycles. The molecule has 1 aliphatic carbocycles. The standard InChI is InChI=1S/C14H25N3OS/c1-4-15-9-13-10-16-14(19-13)17(7-8-18-3)11(2)12-5-6-12/h10-12,15H,4-9H2,1-3H3. The average molecular weight is 283 g/mol. The Morgan fingerprint density at radius 3 is 3.00 bits per heavy atom. The maximum absolute atomic E-state index is 5.24. The van der Waals surface area contributed by atoms with E-state index in [4.69, 9.17) is 4.74 Å². The first-order chi connectivity index (χ1) is 9.26. The number of thiazole rings is 1. The first kappa shape index (κ1) is 14.8. The Kier molecular flexibility index (Phi) is 5.60. The normalized spacial score (nSPS) is 16.6. The lowest BCUT2D eigenvalue weighted by Crippen LogP contribution is -2.37. The minimum Gasteiger partial charge on any atom is -0.383 e. The van der Waals surface area contributed by atoms with Crippen LogP contribution in [-0.2, 0) is 11.3 Å². The smallest absolute Gasteiger partial charge is 0.185 e. The number of aromatic nitrogens is 1. The zero-order valence-corrected chi connectivity index (χ0v) is 13.0. The second-order valence-electron chi connectivity index (χ2n) is 5.15. The number of hydrogen-bond acceptors (Lipinski definition) is 5. The van der Waals surface area contributed by atoms with Gasteiger partial charge in [0.25, 0.3) is 0 Å². The fraction of sp³-hybridized carbons (Fsp3) is 0.786. The van der Waals surface area contributed by atoms with Crippen LogP contribution in [-0.4, -0.2) is 37.8 Å². The van der Waals surface area contributed by atoms with Crippen molar-refractivity contribution in [3.8, 4) is 0 Å². The summed E-state index contributed by atoms with van der Waals surface area (Å²) in [7, 11) is 1.76. The molecule has 108 valence electrons. The number of hydrogen-bond donors (Lipinski definition) is 1. The van der Waals surface area contributed by atoms with Gasteiger partial charge in [-0.05, 0) is 32.2 Å². The molecule has 0 saturated heterocycles. The summed E-state index contributed by atoms with van der Waals surface area (Å²) in [4.78, 5) is 8.33. The molecule has 0 amide bonds. The number of rotatable bonds is 9. The van der Waals surface area contributed by atoms with Crippen LogP contribution in [0.2, 0.25) is 0 Å². The Bertz CT molecular complexity index is 379. The molecule has 0 radical (unpaired) electrons. The molecule has 1 aromatic heterocycles. The topological polar surface area (TPSA) is 37.4 Å². The summed E-state index contributed by atoms with van der Waals surface area (Å²) in [6.07, 6.45) is 4.72. The molecule has 0 aromatic carbocycles. The SMILES string of the molecule is CCNCc1cnc(N(CCOC)C(C)C2CC2)s1. The summed E-state index contributed by atoms with van der Waals surface area (Å²) in [5, 5.41) is 4.49. The summed E-state index contributed by atoms with van der Waals surface area (Å²) >= 11 is 1.80. The van der Waals surface area contributed by atoms with E-state index in [2.05, 4.69) is 29.0 Å². The lowest BCUT2D eigenvalue weighted by atomic mass is 10.2. The van der Waals surface area contributed by atoms with Gasteiger partial charge in [-0.25, -0.2) is 4.98 Å². The first-order valence-electron chi connectivity index (χ1n) is 7.17. The van der Waals surface area contributed by atoms with Crippen LogP contribution in [0.3, 0.4) is 0 Å². The monoisotopic (exact) mass is 283 g/mol. The summed E-state index contributed by atoms with van der Waals surface area (Å²) in [6, 6.07) is 0.577. The first-order valence-corrected chi connectivity index (χ1v) is 7.99. The summed E-state index contributed by atoms with van der Waals surface area (Å²) in [5.74, 6) is 0.845.